The van der Waals surface area contributed by atoms with Gasteiger partial charge >= 0.3 is 0 Å². The van der Waals surface area contributed by atoms with E-state index in [1.165, 1.54) is 5.56 Å². The molecule has 0 radical (unpaired) electrons. The standard InChI is InChI=1S/C17H25N3O2/c18-11-14-7-4-8-15(14)17(22)20-12-16(21)19-10-9-13-5-2-1-3-6-13/h1-3,5-6,14-15H,4,7-12,18H2,(H,19,21)(H,20,22)/t14-,15-/m1/s1. The zero-order chi connectivity index (χ0) is 15.8. The molecule has 22 heavy (non-hydrogen) atoms. The molecular weight excluding hydrogens is 278 g/mol. The Kier molecular flexibility index (Phi) is 6.40. The Morgan fingerprint density at radius 2 is 1.91 bits per heavy atom. The first kappa shape index (κ1) is 16.5. The van der Waals surface area contributed by atoms with Crippen molar-refractivity contribution in [3.63, 3.8) is 0 Å². The third-order valence-electron chi connectivity index (χ3n) is 4.30. The number of amides is 2. The van der Waals surface area contributed by atoms with Crippen molar-refractivity contribution in [3.05, 3.63) is 35.9 Å². The number of carbonyl (C=O) groups excluding carboxylic acids is 2. The summed E-state index contributed by atoms with van der Waals surface area (Å²) in [5, 5.41) is 5.55. The molecule has 0 aromatic heterocycles. The van der Waals surface area contributed by atoms with Crippen LogP contribution in [0.15, 0.2) is 30.3 Å². The average Bonchev–Trinajstić information content (AvgIpc) is 3.02. The average molecular weight is 303 g/mol. The van der Waals surface area contributed by atoms with Gasteiger partial charge in [-0.1, -0.05) is 36.8 Å². The molecule has 2 atom stereocenters. The second kappa shape index (κ2) is 8.54. The molecule has 1 aromatic rings. The van der Waals surface area contributed by atoms with Crippen LogP contribution in [0.25, 0.3) is 0 Å². The van der Waals surface area contributed by atoms with E-state index in [-0.39, 0.29) is 30.2 Å². The van der Waals surface area contributed by atoms with Gasteiger partial charge in [0.25, 0.3) is 0 Å². The predicted octanol–water partition coefficient (Wildman–Crippen LogP) is 0.837. The van der Waals surface area contributed by atoms with Crippen molar-refractivity contribution in [1.82, 2.24) is 10.6 Å². The van der Waals surface area contributed by atoms with Gasteiger partial charge in [0, 0.05) is 12.5 Å². The van der Waals surface area contributed by atoms with Crippen molar-refractivity contribution in [2.24, 2.45) is 17.6 Å². The third kappa shape index (κ3) is 4.84. The summed E-state index contributed by atoms with van der Waals surface area (Å²) in [6.45, 7) is 1.16. The van der Waals surface area contributed by atoms with Crippen molar-refractivity contribution in [1.29, 1.82) is 0 Å². The highest BCUT2D eigenvalue weighted by molar-refractivity contribution is 5.86. The van der Waals surface area contributed by atoms with E-state index in [0.29, 0.717) is 13.1 Å². The summed E-state index contributed by atoms with van der Waals surface area (Å²) in [7, 11) is 0. The van der Waals surface area contributed by atoms with E-state index in [2.05, 4.69) is 10.6 Å². The minimum atomic E-state index is -0.147. The first-order chi connectivity index (χ1) is 10.7. The Labute approximate surface area is 131 Å². The van der Waals surface area contributed by atoms with E-state index in [4.69, 9.17) is 5.73 Å². The minimum absolute atomic E-state index is 0.0258. The van der Waals surface area contributed by atoms with Gasteiger partial charge in [0.1, 0.15) is 0 Å². The largest absolute Gasteiger partial charge is 0.354 e. The first-order valence-corrected chi connectivity index (χ1v) is 7.99. The summed E-state index contributed by atoms with van der Waals surface area (Å²) >= 11 is 0. The van der Waals surface area contributed by atoms with Gasteiger partial charge in [-0.15, -0.1) is 0 Å². The number of hydrogen-bond donors (Lipinski definition) is 3. The lowest BCUT2D eigenvalue weighted by atomic mass is 9.95. The number of nitrogens with two attached hydrogens (primary N) is 1. The lowest BCUT2D eigenvalue weighted by Crippen LogP contribution is -2.41. The van der Waals surface area contributed by atoms with Gasteiger partial charge in [0.05, 0.1) is 6.54 Å². The van der Waals surface area contributed by atoms with Crippen LogP contribution in [0.1, 0.15) is 24.8 Å². The van der Waals surface area contributed by atoms with Crippen LogP contribution in [0.2, 0.25) is 0 Å². The molecule has 0 unspecified atom stereocenters. The van der Waals surface area contributed by atoms with E-state index < -0.39 is 0 Å². The van der Waals surface area contributed by atoms with Crippen LogP contribution >= 0.6 is 0 Å². The fourth-order valence-corrected chi connectivity index (χ4v) is 3.02. The number of benzene rings is 1. The maximum absolute atomic E-state index is 12.1. The molecule has 1 aliphatic rings. The molecule has 2 amide bonds. The van der Waals surface area contributed by atoms with Gasteiger partial charge in [-0.25, -0.2) is 0 Å². The Bertz CT molecular complexity index is 490. The molecule has 5 nitrogen and oxygen atoms in total. The van der Waals surface area contributed by atoms with Crippen molar-refractivity contribution in [2.75, 3.05) is 19.6 Å². The van der Waals surface area contributed by atoms with E-state index in [1.807, 2.05) is 30.3 Å². The van der Waals surface area contributed by atoms with Crippen LogP contribution in [-0.2, 0) is 16.0 Å². The molecule has 120 valence electrons. The minimum Gasteiger partial charge on any atom is -0.354 e. The normalized spacial score (nSPS) is 20.6. The lowest BCUT2D eigenvalue weighted by Gasteiger charge is -2.17. The summed E-state index contributed by atoms with van der Waals surface area (Å²) in [6.07, 6.45) is 3.73. The Hall–Kier alpha value is -1.88. The lowest BCUT2D eigenvalue weighted by molar-refractivity contribution is -0.129. The highest BCUT2D eigenvalue weighted by Crippen LogP contribution is 2.30. The van der Waals surface area contributed by atoms with Gasteiger partial charge in [-0.05, 0) is 37.3 Å². The molecular formula is C17H25N3O2. The predicted molar refractivity (Wildman–Crippen MR) is 86.1 cm³/mol. The molecule has 0 heterocycles. The number of nitrogens with one attached hydrogen (secondary N) is 2. The van der Waals surface area contributed by atoms with Crippen molar-refractivity contribution >= 4 is 11.8 Å². The van der Waals surface area contributed by atoms with E-state index in [9.17, 15) is 9.59 Å². The zero-order valence-corrected chi connectivity index (χ0v) is 12.9. The maximum atomic E-state index is 12.1. The van der Waals surface area contributed by atoms with Crippen LogP contribution in [0, 0.1) is 11.8 Å². The van der Waals surface area contributed by atoms with Gasteiger partial charge in [-0.2, -0.15) is 0 Å². The second-order valence-corrected chi connectivity index (χ2v) is 5.84. The number of hydrogen-bond acceptors (Lipinski definition) is 3. The SMILES string of the molecule is NC[C@H]1CCC[C@H]1C(=O)NCC(=O)NCCc1ccccc1. The van der Waals surface area contributed by atoms with Crippen LogP contribution < -0.4 is 16.4 Å². The van der Waals surface area contributed by atoms with Crippen LogP contribution in [0.4, 0.5) is 0 Å². The van der Waals surface area contributed by atoms with Crippen LogP contribution in [-0.4, -0.2) is 31.4 Å². The van der Waals surface area contributed by atoms with Crippen molar-refractivity contribution in [3.8, 4) is 0 Å². The van der Waals surface area contributed by atoms with Gasteiger partial charge in [-0.3, -0.25) is 9.59 Å². The highest BCUT2D eigenvalue weighted by atomic mass is 16.2. The topological polar surface area (TPSA) is 84.2 Å². The quantitative estimate of drug-likeness (QED) is 0.698. The molecule has 0 aliphatic heterocycles. The van der Waals surface area contributed by atoms with E-state index >= 15 is 0 Å². The molecule has 0 bridgehead atoms. The fraction of sp³-hybridized carbons (Fsp3) is 0.529. The van der Waals surface area contributed by atoms with E-state index in [0.717, 1.165) is 25.7 Å². The molecule has 1 aliphatic carbocycles. The summed E-state index contributed by atoms with van der Waals surface area (Å²) in [6, 6.07) is 9.98. The monoisotopic (exact) mass is 303 g/mol. The molecule has 2 rings (SSSR count). The van der Waals surface area contributed by atoms with Crippen molar-refractivity contribution < 1.29 is 9.59 Å². The molecule has 4 N–H and O–H groups in total. The van der Waals surface area contributed by atoms with Crippen molar-refractivity contribution in [2.45, 2.75) is 25.7 Å². The molecule has 1 saturated carbocycles. The molecule has 5 heteroatoms. The molecule has 1 fully saturated rings. The third-order valence-corrected chi connectivity index (χ3v) is 4.30. The van der Waals surface area contributed by atoms with Gasteiger partial charge in [0.15, 0.2) is 0 Å². The molecule has 0 saturated heterocycles. The van der Waals surface area contributed by atoms with Gasteiger partial charge < -0.3 is 16.4 Å². The summed E-state index contributed by atoms with van der Waals surface area (Å²) < 4.78 is 0. The summed E-state index contributed by atoms with van der Waals surface area (Å²) in [4.78, 5) is 23.8. The van der Waals surface area contributed by atoms with Crippen LogP contribution in [0.3, 0.4) is 0 Å². The highest BCUT2D eigenvalue weighted by Gasteiger charge is 2.31. The molecule has 0 spiro atoms. The first-order valence-electron chi connectivity index (χ1n) is 7.99. The maximum Gasteiger partial charge on any atom is 0.239 e. The Morgan fingerprint density at radius 1 is 1.14 bits per heavy atom. The second-order valence-electron chi connectivity index (χ2n) is 5.84. The van der Waals surface area contributed by atoms with Crippen LogP contribution in [0.5, 0.6) is 0 Å². The van der Waals surface area contributed by atoms with Gasteiger partial charge in [0.2, 0.25) is 11.8 Å². The summed E-state index contributed by atoms with van der Waals surface area (Å²) in [5.41, 5.74) is 6.86. The smallest absolute Gasteiger partial charge is 0.239 e. The number of carbonyl (C=O) groups is 2. The summed E-state index contributed by atoms with van der Waals surface area (Å²) in [5.74, 6) is 0.0565. The number of rotatable bonds is 7. The Balaban J connectivity index is 1.64. The molecule has 1 aromatic carbocycles. The fourth-order valence-electron chi connectivity index (χ4n) is 3.02. The zero-order valence-electron chi connectivity index (χ0n) is 12.9. The Morgan fingerprint density at radius 3 is 2.64 bits per heavy atom. The van der Waals surface area contributed by atoms with E-state index in [1.54, 1.807) is 0 Å².